The Morgan fingerprint density at radius 2 is 1.86 bits per heavy atom. The van der Waals surface area contributed by atoms with Crippen molar-refractivity contribution in [1.82, 2.24) is 4.31 Å². The maximum Gasteiger partial charge on any atom is 0.243 e. The summed E-state index contributed by atoms with van der Waals surface area (Å²) in [6.07, 6.45) is 7.34. The van der Waals surface area contributed by atoms with Gasteiger partial charge in [0.05, 0.1) is 4.90 Å². The fourth-order valence-corrected chi connectivity index (χ4v) is 4.81. The number of nitrogens with zero attached hydrogens (tertiary/aromatic N) is 1. The van der Waals surface area contributed by atoms with E-state index in [1.807, 2.05) is 12.1 Å². The lowest BCUT2D eigenvalue weighted by Gasteiger charge is -2.34. The number of sulfonamides is 1. The smallest absolute Gasteiger partial charge is 0.207 e. The first-order chi connectivity index (χ1) is 10.1. The second-order valence-corrected chi connectivity index (χ2v) is 7.81. The first-order valence-corrected chi connectivity index (χ1v) is 9.64. The maximum atomic E-state index is 12.8. The Morgan fingerprint density at radius 1 is 1.14 bits per heavy atom. The van der Waals surface area contributed by atoms with Crippen LogP contribution in [0.15, 0.2) is 29.2 Å². The van der Waals surface area contributed by atoms with Gasteiger partial charge in [0.15, 0.2) is 0 Å². The van der Waals surface area contributed by atoms with Crippen LogP contribution in [-0.2, 0) is 16.4 Å². The quantitative estimate of drug-likeness (QED) is 0.797. The van der Waals surface area contributed by atoms with E-state index in [2.05, 4.69) is 13.8 Å². The SMILES string of the molecule is CCCCc1ccc(S(=O)(=O)N2CCCCC2CC)cc1. The van der Waals surface area contributed by atoms with Crippen LogP contribution in [0.4, 0.5) is 0 Å². The topological polar surface area (TPSA) is 37.4 Å². The van der Waals surface area contributed by atoms with Gasteiger partial charge < -0.3 is 0 Å². The molecule has 1 aliphatic heterocycles. The van der Waals surface area contributed by atoms with Crippen LogP contribution in [-0.4, -0.2) is 25.3 Å². The summed E-state index contributed by atoms with van der Waals surface area (Å²) in [5, 5.41) is 0. The lowest BCUT2D eigenvalue weighted by molar-refractivity contribution is 0.246. The molecule has 0 radical (unpaired) electrons. The fourth-order valence-electron chi connectivity index (χ4n) is 3.04. The van der Waals surface area contributed by atoms with E-state index in [0.29, 0.717) is 11.4 Å². The molecule has 0 aromatic heterocycles. The highest BCUT2D eigenvalue weighted by Gasteiger charge is 2.32. The van der Waals surface area contributed by atoms with Crippen molar-refractivity contribution in [2.45, 2.75) is 69.7 Å². The minimum Gasteiger partial charge on any atom is -0.207 e. The molecule has 1 saturated heterocycles. The predicted molar refractivity (Wildman–Crippen MR) is 86.9 cm³/mol. The van der Waals surface area contributed by atoms with Crippen LogP contribution in [0.3, 0.4) is 0 Å². The van der Waals surface area contributed by atoms with Gasteiger partial charge >= 0.3 is 0 Å². The average molecular weight is 309 g/mol. The lowest BCUT2D eigenvalue weighted by Crippen LogP contribution is -2.43. The minimum atomic E-state index is -3.33. The molecule has 1 unspecified atom stereocenters. The zero-order valence-electron chi connectivity index (χ0n) is 13.2. The van der Waals surface area contributed by atoms with Crippen LogP contribution >= 0.6 is 0 Å². The van der Waals surface area contributed by atoms with Gasteiger partial charge in [-0.3, -0.25) is 0 Å². The van der Waals surface area contributed by atoms with Gasteiger partial charge in [-0.15, -0.1) is 0 Å². The standard InChI is InChI=1S/C17H27NO2S/c1-3-5-8-15-10-12-17(13-11-15)21(19,20)18-14-7-6-9-16(18)4-2/h10-13,16H,3-9,14H2,1-2H3. The highest BCUT2D eigenvalue weighted by atomic mass is 32.2. The monoisotopic (exact) mass is 309 g/mol. The molecule has 2 rings (SSSR count). The highest BCUT2D eigenvalue weighted by molar-refractivity contribution is 7.89. The zero-order valence-corrected chi connectivity index (χ0v) is 14.0. The normalized spacial score (nSPS) is 20.6. The second kappa shape index (κ2) is 7.41. The van der Waals surface area contributed by atoms with Crippen molar-refractivity contribution in [3.8, 4) is 0 Å². The van der Waals surface area contributed by atoms with Crippen molar-refractivity contribution in [2.24, 2.45) is 0 Å². The van der Waals surface area contributed by atoms with E-state index in [4.69, 9.17) is 0 Å². The van der Waals surface area contributed by atoms with E-state index in [9.17, 15) is 8.42 Å². The molecule has 0 aliphatic carbocycles. The average Bonchev–Trinajstić information content (AvgIpc) is 2.53. The first-order valence-electron chi connectivity index (χ1n) is 8.20. The van der Waals surface area contributed by atoms with Gasteiger partial charge in [-0.2, -0.15) is 4.31 Å². The zero-order chi connectivity index (χ0) is 15.3. The third-order valence-corrected chi connectivity index (χ3v) is 6.36. The number of rotatable bonds is 6. The Labute approximate surface area is 129 Å². The van der Waals surface area contributed by atoms with Gasteiger partial charge in [0.2, 0.25) is 10.0 Å². The van der Waals surface area contributed by atoms with Crippen molar-refractivity contribution in [1.29, 1.82) is 0 Å². The van der Waals surface area contributed by atoms with Crippen molar-refractivity contribution in [3.05, 3.63) is 29.8 Å². The van der Waals surface area contributed by atoms with E-state index < -0.39 is 10.0 Å². The molecule has 0 amide bonds. The fraction of sp³-hybridized carbons (Fsp3) is 0.647. The summed E-state index contributed by atoms with van der Waals surface area (Å²) in [6, 6.07) is 7.66. The Morgan fingerprint density at radius 3 is 2.48 bits per heavy atom. The van der Waals surface area contributed by atoms with Crippen LogP contribution < -0.4 is 0 Å². The van der Waals surface area contributed by atoms with Crippen LogP contribution in [0.25, 0.3) is 0 Å². The van der Waals surface area contributed by atoms with Gasteiger partial charge in [-0.05, 0) is 49.8 Å². The number of hydrogen-bond acceptors (Lipinski definition) is 2. The molecule has 1 heterocycles. The van der Waals surface area contributed by atoms with Crippen LogP contribution in [0.1, 0.15) is 57.9 Å². The Kier molecular flexibility index (Phi) is 5.82. The van der Waals surface area contributed by atoms with E-state index in [1.54, 1.807) is 16.4 Å². The molecule has 3 nitrogen and oxygen atoms in total. The molecule has 4 heteroatoms. The molecule has 1 fully saturated rings. The van der Waals surface area contributed by atoms with Gasteiger partial charge in [0.1, 0.15) is 0 Å². The molecule has 1 aromatic carbocycles. The molecule has 0 bridgehead atoms. The van der Waals surface area contributed by atoms with Crippen LogP contribution in [0.5, 0.6) is 0 Å². The van der Waals surface area contributed by atoms with Crippen molar-refractivity contribution < 1.29 is 8.42 Å². The largest absolute Gasteiger partial charge is 0.243 e. The van der Waals surface area contributed by atoms with E-state index >= 15 is 0 Å². The summed E-state index contributed by atoms with van der Waals surface area (Å²) in [5.41, 5.74) is 1.22. The molecule has 0 saturated carbocycles. The Bertz CT molecular complexity index is 536. The first kappa shape index (κ1) is 16.5. The number of piperidine rings is 1. The van der Waals surface area contributed by atoms with Crippen LogP contribution in [0.2, 0.25) is 0 Å². The van der Waals surface area contributed by atoms with Crippen molar-refractivity contribution in [2.75, 3.05) is 6.54 Å². The second-order valence-electron chi connectivity index (χ2n) is 5.92. The Balaban J connectivity index is 2.18. The van der Waals surface area contributed by atoms with E-state index in [0.717, 1.165) is 44.9 Å². The summed E-state index contributed by atoms with van der Waals surface area (Å²) in [4.78, 5) is 0.447. The predicted octanol–water partition coefficient (Wildman–Crippen LogP) is 3.98. The number of hydrogen-bond donors (Lipinski definition) is 0. The molecular weight excluding hydrogens is 282 g/mol. The van der Waals surface area contributed by atoms with E-state index in [-0.39, 0.29) is 6.04 Å². The van der Waals surface area contributed by atoms with Gasteiger partial charge in [-0.1, -0.05) is 38.8 Å². The lowest BCUT2D eigenvalue weighted by atomic mass is 10.0. The number of benzene rings is 1. The van der Waals surface area contributed by atoms with Gasteiger partial charge in [0.25, 0.3) is 0 Å². The number of unbranched alkanes of at least 4 members (excludes halogenated alkanes) is 1. The summed E-state index contributed by atoms with van der Waals surface area (Å²) < 4.78 is 27.3. The van der Waals surface area contributed by atoms with Gasteiger partial charge in [0, 0.05) is 12.6 Å². The summed E-state index contributed by atoms with van der Waals surface area (Å²) in [7, 11) is -3.33. The molecule has 1 atom stereocenters. The summed E-state index contributed by atoms with van der Waals surface area (Å²) >= 11 is 0. The Hall–Kier alpha value is -0.870. The molecule has 0 N–H and O–H groups in total. The van der Waals surface area contributed by atoms with Crippen LogP contribution in [0, 0.1) is 0 Å². The minimum absolute atomic E-state index is 0.170. The highest BCUT2D eigenvalue weighted by Crippen LogP contribution is 2.27. The molecule has 118 valence electrons. The van der Waals surface area contributed by atoms with Crippen molar-refractivity contribution in [3.63, 3.8) is 0 Å². The van der Waals surface area contributed by atoms with Crippen molar-refractivity contribution >= 4 is 10.0 Å². The maximum absolute atomic E-state index is 12.8. The molecule has 21 heavy (non-hydrogen) atoms. The summed E-state index contributed by atoms with van der Waals surface area (Å²) in [5.74, 6) is 0. The third-order valence-electron chi connectivity index (χ3n) is 4.39. The third kappa shape index (κ3) is 3.86. The number of aryl methyl sites for hydroxylation is 1. The van der Waals surface area contributed by atoms with E-state index in [1.165, 1.54) is 5.56 Å². The molecule has 1 aliphatic rings. The summed E-state index contributed by atoms with van der Waals surface area (Å²) in [6.45, 7) is 4.91. The molecule has 1 aromatic rings. The van der Waals surface area contributed by atoms with Gasteiger partial charge in [-0.25, -0.2) is 8.42 Å². The molecular formula is C17H27NO2S. The molecule has 0 spiro atoms.